The lowest BCUT2D eigenvalue weighted by molar-refractivity contribution is 1.33. The quantitative estimate of drug-likeness (QED) is 0.263. The number of hydrogen-bond acceptors (Lipinski definition) is 5. The highest BCUT2D eigenvalue weighted by molar-refractivity contribution is 7.28. The van der Waals surface area contributed by atoms with Crippen LogP contribution in [0.25, 0.3) is 62.6 Å². The molecule has 0 aliphatic carbocycles. The molecule has 0 N–H and O–H groups in total. The van der Waals surface area contributed by atoms with Crippen LogP contribution in [0.5, 0.6) is 0 Å². The highest BCUT2D eigenvalue weighted by Crippen LogP contribution is 2.49. The molecular weight excluding hydrogens is 437 g/mol. The van der Waals surface area contributed by atoms with Gasteiger partial charge in [0.2, 0.25) is 0 Å². The average molecular weight is 451 g/mol. The molecule has 0 bridgehead atoms. The van der Waals surface area contributed by atoms with Crippen LogP contribution >= 0.6 is 34.0 Å². The summed E-state index contributed by atoms with van der Waals surface area (Å²) in [5.74, 6) is 0. The van der Waals surface area contributed by atoms with E-state index in [0.29, 0.717) is 0 Å². The van der Waals surface area contributed by atoms with E-state index in [0.717, 1.165) is 0 Å². The van der Waals surface area contributed by atoms with Gasteiger partial charge in [-0.25, -0.2) is 0 Å². The molecule has 2 nitrogen and oxygen atoms in total. The third-order valence-electron chi connectivity index (χ3n) is 5.82. The summed E-state index contributed by atoms with van der Waals surface area (Å²) in [5, 5.41) is 9.83. The van der Waals surface area contributed by atoms with Crippen molar-refractivity contribution in [3.63, 3.8) is 0 Å². The molecule has 0 saturated heterocycles. The molecule has 0 spiro atoms. The Morgan fingerprint density at radius 2 is 1.13 bits per heavy atom. The van der Waals surface area contributed by atoms with Gasteiger partial charge in [0.25, 0.3) is 0 Å². The number of rotatable bonds is 2. The molecule has 0 fully saturated rings. The average Bonchev–Trinajstić information content (AvgIpc) is 3.56. The Hall–Kier alpha value is -3.12. The predicted molar refractivity (Wildman–Crippen MR) is 137 cm³/mol. The third-order valence-corrected chi connectivity index (χ3v) is 8.77. The molecule has 0 aliphatic rings. The van der Waals surface area contributed by atoms with Crippen LogP contribution in [0.4, 0.5) is 0 Å². The van der Waals surface area contributed by atoms with Gasteiger partial charge in [-0.1, -0.05) is 12.1 Å². The first-order chi connectivity index (χ1) is 15.4. The fourth-order valence-electron chi connectivity index (χ4n) is 4.49. The van der Waals surface area contributed by atoms with Gasteiger partial charge >= 0.3 is 0 Å². The molecule has 7 aromatic rings. The van der Waals surface area contributed by atoms with Gasteiger partial charge in [0.05, 0.1) is 0 Å². The zero-order chi connectivity index (χ0) is 20.4. The fraction of sp³-hybridized carbons (Fsp3) is 0. The lowest BCUT2D eigenvalue weighted by atomic mass is 9.98. The van der Waals surface area contributed by atoms with Gasteiger partial charge in [-0.3, -0.25) is 9.97 Å². The summed E-state index contributed by atoms with van der Waals surface area (Å²) < 4.78 is 5.40. The largest absolute Gasteiger partial charge is 0.264 e. The van der Waals surface area contributed by atoms with Crippen molar-refractivity contribution in [2.24, 2.45) is 0 Å². The Morgan fingerprint density at radius 1 is 0.613 bits per heavy atom. The van der Waals surface area contributed by atoms with Gasteiger partial charge in [0.1, 0.15) is 0 Å². The molecule has 2 aromatic carbocycles. The summed E-state index contributed by atoms with van der Waals surface area (Å²) in [5.41, 5.74) is 4.86. The van der Waals surface area contributed by atoms with Crippen LogP contribution in [0.15, 0.2) is 84.1 Å². The summed E-state index contributed by atoms with van der Waals surface area (Å²) in [6.07, 6.45) is 7.59. The second kappa shape index (κ2) is 6.69. The van der Waals surface area contributed by atoms with E-state index >= 15 is 0 Å². The second-order valence-electron chi connectivity index (χ2n) is 7.51. The highest BCUT2D eigenvalue weighted by atomic mass is 32.1. The maximum absolute atomic E-state index is 4.36. The van der Waals surface area contributed by atoms with E-state index in [4.69, 9.17) is 0 Å². The number of benzene rings is 2. The van der Waals surface area contributed by atoms with Gasteiger partial charge in [-0.15, -0.1) is 34.0 Å². The van der Waals surface area contributed by atoms with E-state index in [1.807, 2.05) is 70.9 Å². The Labute approximate surface area is 190 Å². The summed E-state index contributed by atoms with van der Waals surface area (Å²) in [4.78, 5) is 8.71. The predicted octanol–water partition coefficient (Wildman–Crippen LogP) is 8.61. The molecule has 0 aliphatic heterocycles. The van der Waals surface area contributed by atoms with Crippen molar-refractivity contribution in [3.8, 4) is 22.3 Å². The molecule has 7 rings (SSSR count). The van der Waals surface area contributed by atoms with E-state index in [9.17, 15) is 0 Å². The van der Waals surface area contributed by atoms with Crippen LogP contribution < -0.4 is 0 Å². The van der Waals surface area contributed by atoms with E-state index < -0.39 is 0 Å². The van der Waals surface area contributed by atoms with E-state index in [2.05, 4.69) is 57.1 Å². The molecule has 31 heavy (non-hydrogen) atoms. The number of aromatic nitrogens is 2. The van der Waals surface area contributed by atoms with Crippen LogP contribution in [0.1, 0.15) is 0 Å². The zero-order valence-corrected chi connectivity index (χ0v) is 18.7. The number of fused-ring (bicyclic) bond motifs is 7. The lowest BCUT2D eigenvalue weighted by Gasteiger charge is -2.07. The van der Waals surface area contributed by atoms with Crippen LogP contribution in [0, 0.1) is 0 Å². The van der Waals surface area contributed by atoms with Crippen molar-refractivity contribution >= 4 is 74.4 Å². The minimum Gasteiger partial charge on any atom is -0.264 e. The molecule has 5 heterocycles. The van der Waals surface area contributed by atoms with Crippen molar-refractivity contribution in [2.45, 2.75) is 0 Å². The Morgan fingerprint density at radius 3 is 1.58 bits per heavy atom. The van der Waals surface area contributed by atoms with E-state index in [-0.39, 0.29) is 0 Å². The maximum Gasteiger partial charge on any atom is 0.0442 e. The summed E-state index contributed by atoms with van der Waals surface area (Å²) >= 11 is 5.56. The Bertz CT molecular complexity index is 1600. The number of thiophene rings is 3. The van der Waals surface area contributed by atoms with E-state index in [1.54, 1.807) is 0 Å². The monoisotopic (exact) mass is 450 g/mol. The van der Waals surface area contributed by atoms with Gasteiger partial charge in [-0.2, -0.15) is 0 Å². The standard InChI is InChI=1S/C26H14N2S3/c1-3-15(13-27-7-1)19-11-21-23(25-17(19)5-9-29-25)24-22(31-21)12-20(16-4-2-8-28-14-16)18-6-10-30-26(18)24/h1-14H. The number of nitrogens with zero attached hydrogens (tertiary/aromatic N) is 2. The van der Waals surface area contributed by atoms with Gasteiger partial charge in [-0.05, 0) is 58.3 Å². The first-order valence-electron chi connectivity index (χ1n) is 9.96. The number of pyridine rings is 2. The smallest absolute Gasteiger partial charge is 0.0442 e. The Kier molecular flexibility index (Phi) is 3.79. The fourth-order valence-corrected chi connectivity index (χ4v) is 7.77. The van der Waals surface area contributed by atoms with Crippen LogP contribution in [-0.2, 0) is 0 Å². The van der Waals surface area contributed by atoms with E-state index in [1.165, 1.54) is 62.6 Å². The van der Waals surface area contributed by atoms with Gasteiger partial charge in [0.15, 0.2) is 0 Å². The van der Waals surface area contributed by atoms with Crippen LogP contribution in [0.2, 0.25) is 0 Å². The minimum atomic E-state index is 1.17. The van der Waals surface area contributed by atoms with Crippen molar-refractivity contribution in [1.82, 2.24) is 9.97 Å². The van der Waals surface area contributed by atoms with Crippen molar-refractivity contribution < 1.29 is 0 Å². The van der Waals surface area contributed by atoms with Crippen molar-refractivity contribution in [1.29, 1.82) is 0 Å². The molecule has 5 aromatic heterocycles. The molecule has 0 unspecified atom stereocenters. The first-order valence-corrected chi connectivity index (χ1v) is 12.5. The molecule has 0 atom stereocenters. The van der Waals surface area contributed by atoms with Crippen molar-refractivity contribution in [3.05, 3.63) is 84.1 Å². The van der Waals surface area contributed by atoms with Crippen LogP contribution in [0.3, 0.4) is 0 Å². The second-order valence-corrected chi connectivity index (χ2v) is 10.4. The first kappa shape index (κ1) is 17.5. The SMILES string of the molecule is c1cncc(-c2cc3sc4cc(-c5cccnc5)c5ccsc5c4c3c3sccc23)c1. The lowest BCUT2D eigenvalue weighted by Crippen LogP contribution is -1.82. The number of hydrogen-bond donors (Lipinski definition) is 0. The van der Waals surface area contributed by atoms with Gasteiger partial charge < -0.3 is 0 Å². The summed E-state index contributed by atoms with van der Waals surface area (Å²) in [6, 6.07) is 17.5. The maximum atomic E-state index is 4.36. The summed E-state index contributed by atoms with van der Waals surface area (Å²) in [7, 11) is 0. The molecule has 0 amide bonds. The highest BCUT2D eigenvalue weighted by Gasteiger charge is 2.19. The molecule has 0 radical (unpaired) electrons. The topological polar surface area (TPSA) is 25.8 Å². The Balaban J connectivity index is 1.64. The molecule has 146 valence electrons. The summed E-state index contributed by atoms with van der Waals surface area (Å²) in [6.45, 7) is 0. The molecular formula is C26H14N2S3. The third kappa shape index (κ3) is 2.54. The zero-order valence-electron chi connectivity index (χ0n) is 16.2. The van der Waals surface area contributed by atoms with Gasteiger partial charge in [0, 0.05) is 76.3 Å². The van der Waals surface area contributed by atoms with Crippen LogP contribution in [-0.4, -0.2) is 9.97 Å². The normalized spacial score (nSPS) is 11.9. The minimum absolute atomic E-state index is 1.17. The molecule has 5 heteroatoms. The van der Waals surface area contributed by atoms with Crippen molar-refractivity contribution in [2.75, 3.05) is 0 Å². The molecule has 0 saturated carbocycles.